The molecule has 0 bridgehead atoms. The molecule has 5 nitrogen and oxygen atoms in total. The zero-order valence-electron chi connectivity index (χ0n) is 14.7. The fourth-order valence-electron chi connectivity index (χ4n) is 2.22. The van der Waals surface area contributed by atoms with Crippen molar-refractivity contribution in [2.75, 3.05) is 13.2 Å². The molecule has 132 valence electrons. The van der Waals surface area contributed by atoms with E-state index in [2.05, 4.69) is 17.5 Å². The van der Waals surface area contributed by atoms with Crippen LogP contribution in [0.4, 0.5) is 0 Å². The van der Waals surface area contributed by atoms with Crippen LogP contribution in [0.25, 0.3) is 0 Å². The summed E-state index contributed by atoms with van der Waals surface area (Å²) < 4.78 is 10.8. The van der Waals surface area contributed by atoms with Gasteiger partial charge in [0.1, 0.15) is 11.5 Å². The highest BCUT2D eigenvalue weighted by molar-refractivity contribution is 5.83. The molecule has 0 aliphatic rings. The van der Waals surface area contributed by atoms with E-state index >= 15 is 0 Å². The molecule has 0 atom stereocenters. The molecule has 0 aromatic heterocycles. The maximum absolute atomic E-state index is 11.7. The van der Waals surface area contributed by atoms with Crippen molar-refractivity contribution in [1.29, 1.82) is 0 Å². The van der Waals surface area contributed by atoms with E-state index < -0.39 is 0 Å². The summed E-state index contributed by atoms with van der Waals surface area (Å²) in [6.45, 7) is 4.63. The topological polar surface area (TPSA) is 59.9 Å². The van der Waals surface area contributed by atoms with Crippen LogP contribution in [0.15, 0.2) is 53.6 Å². The largest absolute Gasteiger partial charge is 0.494 e. The van der Waals surface area contributed by atoms with Gasteiger partial charge in [-0.25, -0.2) is 5.43 Å². The lowest BCUT2D eigenvalue weighted by Gasteiger charge is -2.06. The van der Waals surface area contributed by atoms with Crippen molar-refractivity contribution in [2.45, 2.75) is 26.7 Å². The molecule has 0 saturated carbocycles. The van der Waals surface area contributed by atoms with E-state index in [1.54, 1.807) is 6.21 Å². The first-order valence-corrected chi connectivity index (χ1v) is 8.47. The van der Waals surface area contributed by atoms with E-state index in [1.807, 2.05) is 55.5 Å². The fourth-order valence-corrected chi connectivity index (χ4v) is 2.22. The highest BCUT2D eigenvalue weighted by Crippen LogP contribution is 2.13. The van der Waals surface area contributed by atoms with Gasteiger partial charge in [0.05, 0.1) is 12.8 Å². The molecule has 0 fully saturated rings. The Morgan fingerprint density at radius 3 is 2.28 bits per heavy atom. The van der Waals surface area contributed by atoms with Crippen molar-refractivity contribution in [2.24, 2.45) is 5.10 Å². The van der Waals surface area contributed by atoms with Crippen molar-refractivity contribution >= 4 is 12.1 Å². The number of ether oxygens (including phenoxy) is 2. The van der Waals surface area contributed by atoms with Gasteiger partial charge in [-0.05, 0) is 60.9 Å². The molecule has 1 N–H and O–H groups in total. The molecule has 0 spiro atoms. The maximum atomic E-state index is 11.7. The summed E-state index contributed by atoms with van der Waals surface area (Å²) in [5, 5.41) is 3.92. The second-order valence-electron chi connectivity index (χ2n) is 5.48. The van der Waals surface area contributed by atoms with E-state index in [4.69, 9.17) is 9.47 Å². The van der Waals surface area contributed by atoms with E-state index in [-0.39, 0.29) is 12.5 Å². The number of carbonyl (C=O) groups excluding carboxylic acids is 1. The average Bonchev–Trinajstić information content (AvgIpc) is 2.63. The number of nitrogens with one attached hydrogen (secondary N) is 1. The minimum atomic E-state index is -0.306. The first-order valence-electron chi connectivity index (χ1n) is 8.47. The summed E-state index contributed by atoms with van der Waals surface area (Å²) in [5.74, 6) is 1.17. The van der Waals surface area contributed by atoms with Crippen LogP contribution in [0, 0.1) is 0 Å². The molecule has 0 aliphatic carbocycles. The van der Waals surface area contributed by atoms with E-state index in [9.17, 15) is 4.79 Å². The third-order valence-corrected chi connectivity index (χ3v) is 3.43. The SMILES string of the molecule is CCCc1ccc(OCC(=O)NN=Cc2ccc(OCC)cc2)cc1. The summed E-state index contributed by atoms with van der Waals surface area (Å²) >= 11 is 0. The highest BCUT2D eigenvalue weighted by atomic mass is 16.5. The zero-order valence-corrected chi connectivity index (χ0v) is 14.7. The van der Waals surface area contributed by atoms with Crippen LogP contribution >= 0.6 is 0 Å². The summed E-state index contributed by atoms with van der Waals surface area (Å²) in [6.07, 6.45) is 3.73. The van der Waals surface area contributed by atoms with Crippen LogP contribution in [0.3, 0.4) is 0 Å². The molecule has 0 aliphatic heterocycles. The molecule has 25 heavy (non-hydrogen) atoms. The zero-order chi connectivity index (χ0) is 17.9. The maximum Gasteiger partial charge on any atom is 0.277 e. The van der Waals surface area contributed by atoms with Gasteiger partial charge in [0.2, 0.25) is 0 Å². The van der Waals surface area contributed by atoms with E-state index in [1.165, 1.54) is 5.56 Å². The first kappa shape index (κ1) is 18.5. The van der Waals surface area contributed by atoms with Crippen LogP contribution in [0.1, 0.15) is 31.4 Å². The molecule has 0 unspecified atom stereocenters. The van der Waals surface area contributed by atoms with Gasteiger partial charge in [-0.15, -0.1) is 0 Å². The van der Waals surface area contributed by atoms with Gasteiger partial charge < -0.3 is 9.47 Å². The summed E-state index contributed by atoms with van der Waals surface area (Å²) in [7, 11) is 0. The van der Waals surface area contributed by atoms with Crippen LogP contribution in [-0.4, -0.2) is 25.3 Å². The van der Waals surface area contributed by atoms with Crippen molar-refractivity contribution < 1.29 is 14.3 Å². The molecule has 0 radical (unpaired) electrons. The van der Waals surface area contributed by atoms with E-state index in [0.717, 1.165) is 24.2 Å². The molecular weight excluding hydrogens is 316 g/mol. The third-order valence-electron chi connectivity index (χ3n) is 3.43. The van der Waals surface area contributed by atoms with Crippen LogP contribution in [-0.2, 0) is 11.2 Å². The fraction of sp³-hybridized carbons (Fsp3) is 0.300. The Balaban J connectivity index is 1.74. The number of hydrogen-bond donors (Lipinski definition) is 1. The predicted molar refractivity (Wildman–Crippen MR) is 99.3 cm³/mol. The van der Waals surface area contributed by atoms with Crippen molar-refractivity contribution in [3.8, 4) is 11.5 Å². The number of benzene rings is 2. The van der Waals surface area contributed by atoms with Gasteiger partial charge in [-0.2, -0.15) is 5.10 Å². The Hall–Kier alpha value is -2.82. The van der Waals surface area contributed by atoms with Gasteiger partial charge in [0.25, 0.3) is 5.91 Å². The van der Waals surface area contributed by atoms with Crippen LogP contribution in [0.2, 0.25) is 0 Å². The summed E-state index contributed by atoms with van der Waals surface area (Å²) in [5.41, 5.74) is 4.58. The van der Waals surface area contributed by atoms with Crippen molar-refractivity contribution in [3.63, 3.8) is 0 Å². The summed E-state index contributed by atoms with van der Waals surface area (Å²) in [6, 6.07) is 15.2. The first-order chi connectivity index (χ1) is 12.2. The van der Waals surface area contributed by atoms with Gasteiger partial charge in [-0.3, -0.25) is 4.79 Å². The Labute approximate surface area is 148 Å². The number of hydrazone groups is 1. The van der Waals surface area contributed by atoms with Crippen molar-refractivity contribution in [3.05, 3.63) is 59.7 Å². The minimum absolute atomic E-state index is 0.0757. The summed E-state index contributed by atoms with van der Waals surface area (Å²) in [4.78, 5) is 11.7. The van der Waals surface area contributed by atoms with Gasteiger partial charge in [0, 0.05) is 0 Å². The number of amides is 1. The molecule has 2 rings (SSSR count). The third kappa shape index (κ3) is 6.67. The number of hydrogen-bond acceptors (Lipinski definition) is 4. The normalized spacial score (nSPS) is 10.6. The number of nitrogens with zero attached hydrogens (tertiary/aromatic N) is 1. The molecular formula is C20H24N2O3. The van der Waals surface area contributed by atoms with Crippen LogP contribution < -0.4 is 14.9 Å². The Bertz CT molecular complexity index is 679. The monoisotopic (exact) mass is 340 g/mol. The lowest BCUT2D eigenvalue weighted by molar-refractivity contribution is -0.123. The standard InChI is InChI=1S/C20H24N2O3/c1-3-5-16-6-10-19(11-7-16)25-15-20(23)22-21-14-17-8-12-18(13-9-17)24-4-2/h6-14H,3-5,15H2,1-2H3,(H,22,23). The Kier molecular flexibility index (Phi) is 7.50. The minimum Gasteiger partial charge on any atom is -0.494 e. The van der Waals surface area contributed by atoms with Gasteiger partial charge in [-0.1, -0.05) is 25.5 Å². The Morgan fingerprint density at radius 1 is 1.00 bits per heavy atom. The lowest BCUT2D eigenvalue weighted by Crippen LogP contribution is -2.24. The molecule has 0 heterocycles. The average molecular weight is 340 g/mol. The number of rotatable bonds is 9. The van der Waals surface area contributed by atoms with Gasteiger partial charge >= 0.3 is 0 Å². The quantitative estimate of drug-likeness (QED) is 0.561. The predicted octanol–water partition coefficient (Wildman–Crippen LogP) is 3.57. The van der Waals surface area contributed by atoms with E-state index in [0.29, 0.717) is 12.4 Å². The molecule has 2 aromatic rings. The van der Waals surface area contributed by atoms with Crippen LogP contribution in [0.5, 0.6) is 11.5 Å². The van der Waals surface area contributed by atoms with Crippen molar-refractivity contribution in [1.82, 2.24) is 5.43 Å². The number of carbonyl (C=O) groups is 1. The molecule has 2 aromatic carbocycles. The highest BCUT2D eigenvalue weighted by Gasteiger charge is 2.01. The second-order valence-corrected chi connectivity index (χ2v) is 5.48. The molecule has 1 amide bonds. The second kappa shape index (κ2) is 10.1. The smallest absolute Gasteiger partial charge is 0.277 e. The lowest BCUT2D eigenvalue weighted by atomic mass is 10.1. The Morgan fingerprint density at radius 2 is 1.64 bits per heavy atom. The molecule has 0 saturated heterocycles. The molecule has 5 heteroatoms. The number of aryl methyl sites for hydroxylation is 1. The van der Waals surface area contributed by atoms with Gasteiger partial charge in [0.15, 0.2) is 6.61 Å².